The van der Waals surface area contributed by atoms with Crippen LogP contribution in [0.5, 0.6) is 5.88 Å². The van der Waals surface area contributed by atoms with Gasteiger partial charge in [-0.2, -0.15) is 0 Å². The molecule has 0 fully saturated rings. The highest BCUT2D eigenvalue weighted by Gasteiger charge is 2.25. The summed E-state index contributed by atoms with van der Waals surface area (Å²) < 4.78 is 5.50. The Hall–Kier alpha value is -3.42. The molecule has 2 heterocycles. The van der Waals surface area contributed by atoms with Gasteiger partial charge in [-0.25, -0.2) is 9.99 Å². The minimum absolute atomic E-state index is 0.0487. The summed E-state index contributed by atoms with van der Waals surface area (Å²) in [7, 11) is 0. The predicted molar refractivity (Wildman–Crippen MR) is 106 cm³/mol. The van der Waals surface area contributed by atoms with E-state index in [1.165, 1.54) is 5.01 Å². The summed E-state index contributed by atoms with van der Waals surface area (Å²) >= 11 is 0. The molecule has 0 bridgehead atoms. The maximum atomic E-state index is 12.4. The molecule has 1 aliphatic heterocycles. The highest BCUT2D eigenvalue weighted by atomic mass is 16.5. The lowest BCUT2D eigenvalue weighted by molar-refractivity contribution is -0.118. The predicted octanol–water partition coefficient (Wildman–Crippen LogP) is 1.74. The van der Waals surface area contributed by atoms with Crippen molar-refractivity contribution in [3.05, 3.63) is 53.7 Å². The molecule has 8 heteroatoms. The van der Waals surface area contributed by atoms with E-state index in [-0.39, 0.29) is 30.9 Å². The van der Waals surface area contributed by atoms with Crippen molar-refractivity contribution in [3.63, 3.8) is 0 Å². The number of aromatic nitrogens is 1. The number of pyridine rings is 1. The van der Waals surface area contributed by atoms with Crippen LogP contribution in [-0.2, 0) is 16.1 Å². The number of hydrogen-bond acceptors (Lipinski definition) is 6. The molecule has 0 aliphatic carbocycles. The minimum Gasteiger partial charge on any atom is -0.475 e. The Kier molecular flexibility index (Phi) is 5.88. The zero-order chi connectivity index (χ0) is 20.1. The van der Waals surface area contributed by atoms with E-state index in [1.807, 2.05) is 51.1 Å². The number of carbonyl (C=O) groups excluding carboxylic acids is 2. The third-order valence-electron chi connectivity index (χ3n) is 3.95. The van der Waals surface area contributed by atoms with Crippen LogP contribution in [0, 0.1) is 6.92 Å². The van der Waals surface area contributed by atoms with Gasteiger partial charge in [0.05, 0.1) is 11.8 Å². The quantitative estimate of drug-likeness (QED) is 0.795. The molecule has 0 saturated heterocycles. The van der Waals surface area contributed by atoms with E-state index >= 15 is 0 Å². The van der Waals surface area contributed by atoms with Gasteiger partial charge in [-0.3, -0.25) is 20.0 Å². The molecule has 3 rings (SSSR count). The van der Waals surface area contributed by atoms with Crippen molar-refractivity contribution >= 4 is 23.3 Å². The summed E-state index contributed by atoms with van der Waals surface area (Å²) in [5.74, 6) is 0.000934. The third kappa shape index (κ3) is 4.85. The largest absolute Gasteiger partial charge is 0.475 e. The first-order chi connectivity index (χ1) is 13.4. The van der Waals surface area contributed by atoms with E-state index in [2.05, 4.69) is 20.7 Å². The number of aliphatic imine (C=N–C) groups is 1. The standard InChI is InChI=1S/C20H23N5O3/c1-13(2)28-17-9-6-15(10-21-17)11-23-20(27)19-22-12-18(26)25(24-19)16-7-4-14(3)5-8-16/h4-10,13H,11-12H2,1-3H3,(H,22,24)(H,23,27). The Balaban J connectivity index is 1.59. The van der Waals surface area contributed by atoms with Gasteiger partial charge in [0.1, 0.15) is 6.54 Å². The number of amides is 2. The Morgan fingerprint density at radius 3 is 2.64 bits per heavy atom. The topological polar surface area (TPSA) is 95.9 Å². The van der Waals surface area contributed by atoms with Crippen LogP contribution in [0.1, 0.15) is 25.0 Å². The van der Waals surface area contributed by atoms with Gasteiger partial charge in [-0.05, 0) is 38.5 Å². The summed E-state index contributed by atoms with van der Waals surface area (Å²) in [5, 5.41) is 4.11. The smallest absolute Gasteiger partial charge is 0.288 e. The molecule has 1 aromatic carbocycles. The van der Waals surface area contributed by atoms with E-state index in [9.17, 15) is 9.59 Å². The van der Waals surface area contributed by atoms with Crippen molar-refractivity contribution in [1.82, 2.24) is 15.7 Å². The molecular formula is C20H23N5O3. The van der Waals surface area contributed by atoms with E-state index in [0.717, 1.165) is 11.1 Å². The number of hydrogen-bond donors (Lipinski definition) is 2. The fraction of sp³-hybridized carbons (Fsp3) is 0.300. The van der Waals surface area contributed by atoms with Crippen LogP contribution in [0.4, 0.5) is 5.69 Å². The number of hydrazine groups is 1. The van der Waals surface area contributed by atoms with Gasteiger partial charge in [-0.1, -0.05) is 23.8 Å². The molecule has 0 saturated carbocycles. The number of carbonyl (C=O) groups is 2. The van der Waals surface area contributed by atoms with E-state index < -0.39 is 5.91 Å². The number of ether oxygens (including phenoxy) is 1. The monoisotopic (exact) mass is 381 g/mol. The Morgan fingerprint density at radius 1 is 1.25 bits per heavy atom. The number of nitrogens with one attached hydrogen (secondary N) is 2. The summed E-state index contributed by atoms with van der Waals surface area (Å²) in [4.78, 5) is 32.8. The molecule has 0 radical (unpaired) electrons. The molecule has 1 aliphatic rings. The van der Waals surface area contributed by atoms with Crippen LogP contribution in [0.2, 0.25) is 0 Å². The highest BCUT2D eigenvalue weighted by Crippen LogP contribution is 2.15. The summed E-state index contributed by atoms with van der Waals surface area (Å²) in [5.41, 5.74) is 5.35. The van der Waals surface area contributed by atoms with E-state index in [0.29, 0.717) is 11.6 Å². The fourth-order valence-electron chi connectivity index (χ4n) is 2.54. The van der Waals surface area contributed by atoms with Crippen molar-refractivity contribution in [2.45, 2.75) is 33.4 Å². The molecule has 146 valence electrons. The van der Waals surface area contributed by atoms with Gasteiger partial charge >= 0.3 is 0 Å². The summed E-state index contributed by atoms with van der Waals surface area (Å²) in [6, 6.07) is 11.0. The Morgan fingerprint density at radius 2 is 2.00 bits per heavy atom. The van der Waals surface area contributed by atoms with Crippen molar-refractivity contribution < 1.29 is 14.3 Å². The summed E-state index contributed by atoms with van der Waals surface area (Å²) in [6.07, 6.45) is 1.70. The number of aryl methyl sites for hydroxylation is 1. The van der Waals surface area contributed by atoms with Crippen molar-refractivity contribution in [3.8, 4) is 5.88 Å². The molecule has 0 spiro atoms. The fourth-order valence-corrected chi connectivity index (χ4v) is 2.54. The van der Waals surface area contributed by atoms with Crippen molar-refractivity contribution in [1.29, 1.82) is 0 Å². The van der Waals surface area contributed by atoms with Gasteiger partial charge in [0.2, 0.25) is 11.7 Å². The van der Waals surface area contributed by atoms with Crippen LogP contribution in [0.15, 0.2) is 47.6 Å². The first-order valence-corrected chi connectivity index (χ1v) is 9.03. The Bertz CT molecular complexity index is 876. The second-order valence-corrected chi connectivity index (χ2v) is 6.70. The SMILES string of the molecule is Cc1ccc(N2NC(C(=O)NCc3ccc(OC(C)C)nc3)=NCC2=O)cc1. The highest BCUT2D eigenvalue weighted by molar-refractivity contribution is 6.39. The van der Waals surface area contributed by atoms with Crippen LogP contribution < -0.4 is 20.5 Å². The molecule has 28 heavy (non-hydrogen) atoms. The number of benzene rings is 1. The second kappa shape index (κ2) is 8.51. The molecule has 2 amide bonds. The third-order valence-corrected chi connectivity index (χ3v) is 3.95. The normalized spacial score (nSPS) is 13.8. The first kappa shape index (κ1) is 19.3. The molecule has 2 aromatic rings. The van der Waals surface area contributed by atoms with Crippen LogP contribution in [0.3, 0.4) is 0 Å². The zero-order valence-electron chi connectivity index (χ0n) is 16.1. The average Bonchev–Trinajstić information content (AvgIpc) is 2.68. The Labute approximate surface area is 163 Å². The summed E-state index contributed by atoms with van der Waals surface area (Å²) in [6.45, 7) is 6.02. The number of rotatable bonds is 6. The zero-order valence-corrected chi connectivity index (χ0v) is 16.1. The first-order valence-electron chi connectivity index (χ1n) is 9.03. The molecule has 8 nitrogen and oxygen atoms in total. The molecule has 0 atom stereocenters. The van der Waals surface area contributed by atoms with Gasteiger partial charge in [0.25, 0.3) is 11.8 Å². The van der Waals surface area contributed by atoms with E-state index in [4.69, 9.17) is 4.74 Å². The van der Waals surface area contributed by atoms with Crippen LogP contribution >= 0.6 is 0 Å². The lowest BCUT2D eigenvalue weighted by atomic mass is 10.2. The lowest BCUT2D eigenvalue weighted by Gasteiger charge is -2.27. The van der Waals surface area contributed by atoms with Gasteiger partial charge in [0, 0.05) is 18.8 Å². The van der Waals surface area contributed by atoms with Crippen LogP contribution in [0.25, 0.3) is 0 Å². The van der Waals surface area contributed by atoms with Gasteiger partial charge < -0.3 is 10.1 Å². The molecule has 1 aromatic heterocycles. The van der Waals surface area contributed by atoms with Crippen molar-refractivity contribution in [2.75, 3.05) is 11.6 Å². The molecule has 2 N–H and O–H groups in total. The number of amidine groups is 1. The number of anilines is 1. The minimum atomic E-state index is -0.396. The maximum Gasteiger partial charge on any atom is 0.288 e. The van der Waals surface area contributed by atoms with Crippen molar-refractivity contribution in [2.24, 2.45) is 4.99 Å². The van der Waals surface area contributed by atoms with Gasteiger partial charge in [-0.15, -0.1) is 0 Å². The number of nitrogens with zero attached hydrogens (tertiary/aromatic N) is 3. The van der Waals surface area contributed by atoms with E-state index in [1.54, 1.807) is 12.3 Å². The lowest BCUT2D eigenvalue weighted by Crippen LogP contribution is -2.55. The van der Waals surface area contributed by atoms with Crippen LogP contribution in [-0.4, -0.2) is 35.3 Å². The molecular weight excluding hydrogens is 358 g/mol. The molecule has 0 unspecified atom stereocenters. The van der Waals surface area contributed by atoms with Gasteiger partial charge in [0.15, 0.2) is 0 Å². The average molecular weight is 381 g/mol. The maximum absolute atomic E-state index is 12.4. The second-order valence-electron chi connectivity index (χ2n) is 6.70.